The monoisotopic (exact) mass is 242 g/mol. The third-order valence-electron chi connectivity index (χ3n) is 2.92. The van der Waals surface area contributed by atoms with Gasteiger partial charge in [-0.3, -0.25) is 4.79 Å². The Bertz CT molecular complexity index is 187. The Morgan fingerprint density at radius 1 is 1.18 bits per heavy atom. The molecule has 1 saturated heterocycles. The lowest BCUT2D eigenvalue weighted by atomic mass is 10.1. The number of nitrogens with one attached hydrogen (secondary N) is 1. The standard InChI is InChI=1S/C12H24N2O.C2H6/c1-11(2)12(15)13-7-6-10-14-8-4-3-5-9-14;1-2/h11H,3-10H2,1-2H3,(H,13,15);1-2H3. The molecular weight excluding hydrogens is 212 g/mol. The fraction of sp³-hybridized carbons (Fsp3) is 0.929. The van der Waals surface area contributed by atoms with Crippen LogP contribution in [0.3, 0.4) is 0 Å². The molecule has 0 radical (unpaired) electrons. The molecule has 0 aromatic carbocycles. The van der Waals surface area contributed by atoms with Crippen LogP contribution in [0.1, 0.15) is 53.4 Å². The quantitative estimate of drug-likeness (QED) is 0.752. The van der Waals surface area contributed by atoms with Crippen LogP contribution in [-0.2, 0) is 4.79 Å². The van der Waals surface area contributed by atoms with Crippen LogP contribution in [0.4, 0.5) is 0 Å². The SMILES string of the molecule is CC.CC(C)C(=O)NCCCN1CCCCC1. The second-order valence-corrected chi connectivity index (χ2v) is 4.70. The van der Waals surface area contributed by atoms with E-state index in [4.69, 9.17) is 0 Å². The highest BCUT2D eigenvalue weighted by Crippen LogP contribution is 2.08. The Morgan fingerprint density at radius 3 is 2.29 bits per heavy atom. The van der Waals surface area contributed by atoms with Crippen molar-refractivity contribution in [1.29, 1.82) is 0 Å². The van der Waals surface area contributed by atoms with Gasteiger partial charge in [0.1, 0.15) is 0 Å². The van der Waals surface area contributed by atoms with Crippen LogP contribution >= 0.6 is 0 Å². The van der Waals surface area contributed by atoms with Gasteiger partial charge in [-0.05, 0) is 38.9 Å². The van der Waals surface area contributed by atoms with E-state index in [0.29, 0.717) is 0 Å². The first-order valence-electron chi connectivity index (χ1n) is 7.20. The van der Waals surface area contributed by atoms with Gasteiger partial charge in [0.15, 0.2) is 0 Å². The zero-order chi connectivity index (χ0) is 13.1. The van der Waals surface area contributed by atoms with Crippen molar-refractivity contribution in [2.75, 3.05) is 26.2 Å². The number of nitrogens with zero attached hydrogens (tertiary/aromatic N) is 1. The molecule has 102 valence electrons. The van der Waals surface area contributed by atoms with E-state index < -0.39 is 0 Å². The van der Waals surface area contributed by atoms with E-state index in [9.17, 15) is 4.79 Å². The molecule has 3 heteroatoms. The average Bonchev–Trinajstić information content (AvgIpc) is 2.38. The molecule has 1 rings (SSSR count). The van der Waals surface area contributed by atoms with Gasteiger partial charge in [-0.15, -0.1) is 0 Å². The molecule has 0 spiro atoms. The summed E-state index contributed by atoms with van der Waals surface area (Å²) in [5.41, 5.74) is 0. The lowest BCUT2D eigenvalue weighted by molar-refractivity contribution is -0.123. The predicted molar refractivity (Wildman–Crippen MR) is 74.1 cm³/mol. The molecule has 0 bridgehead atoms. The van der Waals surface area contributed by atoms with Crippen molar-refractivity contribution in [2.24, 2.45) is 5.92 Å². The van der Waals surface area contributed by atoms with Gasteiger partial charge in [0.2, 0.25) is 5.91 Å². The summed E-state index contributed by atoms with van der Waals surface area (Å²) in [4.78, 5) is 13.8. The minimum atomic E-state index is 0.111. The van der Waals surface area contributed by atoms with Crippen LogP contribution in [0.5, 0.6) is 0 Å². The maximum atomic E-state index is 11.3. The summed E-state index contributed by atoms with van der Waals surface area (Å²) in [6.45, 7) is 12.3. The van der Waals surface area contributed by atoms with Gasteiger partial charge >= 0.3 is 0 Å². The molecular formula is C14H30N2O. The van der Waals surface area contributed by atoms with Gasteiger partial charge in [0.05, 0.1) is 0 Å². The summed E-state index contributed by atoms with van der Waals surface area (Å²) >= 11 is 0. The number of amides is 1. The van der Waals surface area contributed by atoms with Crippen LogP contribution in [-0.4, -0.2) is 37.0 Å². The third kappa shape index (κ3) is 8.19. The fourth-order valence-corrected chi connectivity index (χ4v) is 1.90. The molecule has 0 saturated carbocycles. The summed E-state index contributed by atoms with van der Waals surface area (Å²) in [6, 6.07) is 0. The molecule has 1 N–H and O–H groups in total. The maximum absolute atomic E-state index is 11.3. The van der Waals surface area contributed by atoms with Crippen molar-refractivity contribution in [3.8, 4) is 0 Å². The van der Waals surface area contributed by atoms with Gasteiger partial charge in [-0.2, -0.15) is 0 Å². The van der Waals surface area contributed by atoms with Crippen molar-refractivity contribution in [2.45, 2.75) is 53.4 Å². The molecule has 1 aliphatic heterocycles. The smallest absolute Gasteiger partial charge is 0.222 e. The van der Waals surface area contributed by atoms with Gasteiger partial charge in [-0.1, -0.05) is 34.1 Å². The minimum Gasteiger partial charge on any atom is -0.356 e. The highest BCUT2D eigenvalue weighted by molar-refractivity contribution is 5.77. The topological polar surface area (TPSA) is 32.3 Å². The molecule has 1 aliphatic rings. The summed E-state index contributed by atoms with van der Waals surface area (Å²) in [5, 5.41) is 2.96. The second kappa shape index (κ2) is 10.6. The van der Waals surface area contributed by atoms with Gasteiger partial charge in [0.25, 0.3) is 0 Å². The Kier molecular flexibility index (Phi) is 10.2. The predicted octanol–water partition coefficient (Wildman–Crippen LogP) is 2.66. The zero-order valence-corrected chi connectivity index (χ0v) is 12.1. The number of carbonyl (C=O) groups is 1. The van der Waals surface area contributed by atoms with E-state index in [1.807, 2.05) is 27.7 Å². The Hall–Kier alpha value is -0.570. The zero-order valence-electron chi connectivity index (χ0n) is 12.1. The van der Waals surface area contributed by atoms with Crippen LogP contribution in [0.25, 0.3) is 0 Å². The van der Waals surface area contributed by atoms with Crippen LogP contribution < -0.4 is 5.32 Å². The summed E-state index contributed by atoms with van der Waals surface area (Å²) < 4.78 is 0. The number of rotatable bonds is 5. The normalized spacial score (nSPS) is 16.3. The van der Waals surface area contributed by atoms with E-state index in [2.05, 4.69) is 10.2 Å². The van der Waals surface area contributed by atoms with Crippen LogP contribution in [0.15, 0.2) is 0 Å². The fourth-order valence-electron chi connectivity index (χ4n) is 1.90. The molecule has 0 unspecified atom stereocenters. The average molecular weight is 242 g/mol. The second-order valence-electron chi connectivity index (χ2n) is 4.70. The number of hydrogen-bond acceptors (Lipinski definition) is 2. The molecule has 17 heavy (non-hydrogen) atoms. The first-order chi connectivity index (χ1) is 8.20. The third-order valence-corrected chi connectivity index (χ3v) is 2.92. The summed E-state index contributed by atoms with van der Waals surface area (Å²) in [7, 11) is 0. The lowest BCUT2D eigenvalue weighted by Crippen LogP contribution is -2.34. The Balaban J connectivity index is 0.00000121. The summed E-state index contributed by atoms with van der Waals surface area (Å²) in [6.07, 6.45) is 5.16. The highest BCUT2D eigenvalue weighted by atomic mass is 16.1. The van der Waals surface area contributed by atoms with Crippen molar-refractivity contribution in [1.82, 2.24) is 10.2 Å². The van der Waals surface area contributed by atoms with E-state index >= 15 is 0 Å². The first kappa shape index (κ1) is 16.4. The minimum absolute atomic E-state index is 0.111. The van der Waals surface area contributed by atoms with Crippen molar-refractivity contribution >= 4 is 5.91 Å². The van der Waals surface area contributed by atoms with Crippen LogP contribution in [0.2, 0.25) is 0 Å². The van der Waals surface area contributed by atoms with Gasteiger partial charge in [-0.25, -0.2) is 0 Å². The lowest BCUT2D eigenvalue weighted by Gasteiger charge is -2.26. The molecule has 0 aromatic heterocycles. The van der Waals surface area contributed by atoms with E-state index in [1.54, 1.807) is 0 Å². The Morgan fingerprint density at radius 2 is 1.76 bits per heavy atom. The molecule has 0 aliphatic carbocycles. The molecule has 1 heterocycles. The first-order valence-corrected chi connectivity index (χ1v) is 7.20. The number of carbonyl (C=O) groups excluding carboxylic acids is 1. The molecule has 3 nitrogen and oxygen atoms in total. The summed E-state index contributed by atoms with van der Waals surface area (Å²) in [5.74, 6) is 0.286. The number of likely N-dealkylation sites (tertiary alicyclic amines) is 1. The number of piperidine rings is 1. The van der Waals surface area contributed by atoms with E-state index in [-0.39, 0.29) is 11.8 Å². The van der Waals surface area contributed by atoms with E-state index in [0.717, 1.165) is 19.5 Å². The Labute approximate surface area is 107 Å². The molecule has 1 amide bonds. The van der Waals surface area contributed by atoms with E-state index in [1.165, 1.54) is 32.4 Å². The maximum Gasteiger partial charge on any atom is 0.222 e. The largest absolute Gasteiger partial charge is 0.356 e. The van der Waals surface area contributed by atoms with Crippen molar-refractivity contribution in [3.05, 3.63) is 0 Å². The van der Waals surface area contributed by atoms with Gasteiger partial charge in [0, 0.05) is 12.5 Å². The van der Waals surface area contributed by atoms with Gasteiger partial charge < -0.3 is 10.2 Å². The molecule has 0 aromatic rings. The van der Waals surface area contributed by atoms with Crippen molar-refractivity contribution in [3.63, 3.8) is 0 Å². The molecule has 0 atom stereocenters. The number of hydrogen-bond donors (Lipinski definition) is 1. The van der Waals surface area contributed by atoms with Crippen molar-refractivity contribution < 1.29 is 4.79 Å². The van der Waals surface area contributed by atoms with Crippen LogP contribution in [0, 0.1) is 5.92 Å². The highest BCUT2D eigenvalue weighted by Gasteiger charge is 2.09. The molecule has 1 fully saturated rings.